The molecule has 6 nitrogen and oxygen atoms in total. The molecule has 130 valence electrons. The molecule has 1 aromatic heterocycles. The van der Waals surface area contributed by atoms with Crippen LogP contribution in [0.15, 0.2) is 48.8 Å². The van der Waals surface area contributed by atoms with Gasteiger partial charge in [0.15, 0.2) is 0 Å². The largest absolute Gasteiger partial charge is 0.348 e. The summed E-state index contributed by atoms with van der Waals surface area (Å²) in [6, 6.07) is 10.3. The number of nitrogens with one attached hydrogen (secondary N) is 2. The van der Waals surface area contributed by atoms with E-state index >= 15 is 0 Å². The predicted octanol–water partition coefficient (Wildman–Crippen LogP) is 3.67. The summed E-state index contributed by atoms with van der Waals surface area (Å²) in [7, 11) is 0. The molecule has 0 saturated heterocycles. The van der Waals surface area contributed by atoms with Crippen LogP contribution in [0.5, 0.6) is 0 Å². The summed E-state index contributed by atoms with van der Waals surface area (Å²) in [5.41, 5.74) is 3.01. The molecule has 0 fully saturated rings. The summed E-state index contributed by atoms with van der Waals surface area (Å²) in [6.07, 6.45) is 3.02. The molecule has 1 aliphatic heterocycles. The molecular weight excluding hydrogens is 375 g/mol. The van der Waals surface area contributed by atoms with Crippen LogP contribution in [0.25, 0.3) is 5.69 Å². The Morgan fingerprint density at radius 3 is 2.85 bits per heavy atom. The monoisotopic (exact) mass is 386 g/mol. The Morgan fingerprint density at radius 2 is 2.04 bits per heavy atom. The van der Waals surface area contributed by atoms with Crippen LogP contribution in [-0.4, -0.2) is 21.6 Å². The van der Waals surface area contributed by atoms with Crippen molar-refractivity contribution >= 4 is 40.7 Å². The van der Waals surface area contributed by atoms with Gasteiger partial charge in [-0.15, -0.1) is 0 Å². The van der Waals surface area contributed by atoms with E-state index < -0.39 is 0 Å². The molecule has 8 heteroatoms. The Bertz CT molecular complexity index is 1050. The molecule has 4 rings (SSSR count). The average Bonchev–Trinajstić information content (AvgIpc) is 3.23. The Balaban J connectivity index is 1.55. The molecule has 3 aromatic rings. The number of anilines is 1. The summed E-state index contributed by atoms with van der Waals surface area (Å²) in [5, 5.41) is 10.6. The van der Waals surface area contributed by atoms with Gasteiger partial charge in [0.05, 0.1) is 22.5 Å². The molecule has 0 unspecified atom stereocenters. The second-order valence-corrected chi connectivity index (χ2v) is 6.62. The molecule has 0 aliphatic carbocycles. The number of fused-ring (bicyclic) bond motifs is 1. The van der Waals surface area contributed by atoms with Crippen molar-refractivity contribution in [2.75, 3.05) is 5.32 Å². The standard InChI is InChI=1S/C18H12Cl2N4O2/c19-12-2-4-16(15(20)5-12)24-9-11(8-22-24)17(25)23-13-3-1-10-7-21-18(26)14(10)6-13/h1-6,8-9H,7H2,(H,21,26)(H,23,25). The zero-order valence-corrected chi connectivity index (χ0v) is 14.8. The zero-order chi connectivity index (χ0) is 18.3. The molecule has 2 amide bonds. The van der Waals surface area contributed by atoms with Crippen LogP contribution in [0, 0.1) is 0 Å². The Hall–Kier alpha value is -2.83. The molecule has 0 bridgehead atoms. The first kappa shape index (κ1) is 16.6. The van der Waals surface area contributed by atoms with E-state index in [1.165, 1.54) is 10.9 Å². The minimum absolute atomic E-state index is 0.138. The van der Waals surface area contributed by atoms with Crippen LogP contribution in [-0.2, 0) is 6.54 Å². The topological polar surface area (TPSA) is 76.0 Å². The first-order chi connectivity index (χ1) is 12.5. The molecule has 0 spiro atoms. The molecule has 0 atom stereocenters. The summed E-state index contributed by atoms with van der Waals surface area (Å²) >= 11 is 12.1. The van der Waals surface area contributed by atoms with Crippen LogP contribution in [0.3, 0.4) is 0 Å². The predicted molar refractivity (Wildman–Crippen MR) is 99.1 cm³/mol. The summed E-state index contributed by atoms with van der Waals surface area (Å²) in [4.78, 5) is 24.2. The van der Waals surface area contributed by atoms with Gasteiger partial charge in [-0.3, -0.25) is 9.59 Å². The SMILES string of the molecule is O=C(Nc1ccc2c(c1)C(=O)NC2)c1cnn(-c2ccc(Cl)cc2Cl)c1. The highest BCUT2D eigenvalue weighted by Crippen LogP contribution is 2.24. The second-order valence-electron chi connectivity index (χ2n) is 5.78. The minimum atomic E-state index is -0.334. The van der Waals surface area contributed by atoms with Gasteiger partial charge in [-0.2, -0.15) is 5.10 Å². The molecule has 2 heterocycles. The average molecular weight is 387 g/mol. The quantitative estimate of drug-likeness (QED) is 0.720. The zero-order valence-electron chi connectivity index (χ0n) is 13.3. The molecule has 0 radical (unpaired) electrons. The van der Waals surface area contributed by atoms with Crippen molar-refractivity contribution < 1.29 is 9.59 Å². The number of amides is 2. The van der Waals surface area contributed by atoms with E-state index in [2.05, 4.69) is 15.7 Å². The van der Waals surface area contributed by atoms with Gasteiger partial charge in [-0.05, 0) is 35.9 Å². The number of carbonyl (C=O) groups is 2. The Kier molecular flexibility index (Phi) is 4.14. The van der Waals surface area contributed by atoms with E-state index in [1.807, 2.05) is 6.07 Å². The van der Waals surface area contributed by atoms with Crippen LogP contribution in [0.2, 0.25) is 10.0 Å². The lowest BCUT2D eigenvalue weighted by molar-refractivity contribution is 0.0964. The number of carbonyl (C=O) groups excluding carboxylic acids is 2. The number of halogens is 2. The van der Waals surface area contributed by atoms with Gasteiger partial charge in [0, 0.05) is 29.0 Å². The number of aromatic nitrogens is 2. The summed E-state index contributed by atoms with van der Waals surface area (Å²) < 4.78 is 1.50. The molecule has 2 aromatic carbocycles. The van der Waals surface area contributed by atoms with Crippen molar-refractivity contribution in [3.8, 4) is 5.69 Å². The number of benzene rings is 2. The molecule has 2 N–H and O–H groups in total. The third kappa shape index (κ3) is 3.05. The van der Waals surface area contributed by atoms with Gasteiger partial charge < -0.3 is 10.6 Å². The Morgan fingerprint density at radius 1 is 1.19 bits per heavy atom. The van der Waals surface area contributed by atoms with Gasteiger partial charge in [-0.1, -0.05) is 29.3 Å². The minimum Gasteiger partial charge on any atom is -0.348 e. The highest BCUT2D eigenvalue weighted by Gasteiger charge is 2.19. The number of rotatable bonds is 3. The van der Waals surface area contributed by atoms with Crippen molar-refractivity contribution in [1.82, 2.24) is 15.1 Å². The van der Waals surface area contributed by atoms with E-state index in [0.717, 1.165) is 5.56 Å². The highest BCUT2D eigenvalue weighted by atomic mass is 35.5. The van der Waals surface area contributed by atoms with Crippen molar-refractivity contribution in [3.05, 3.63) is 75.5 Å². The fraction of sp³-hybridized carbons (Fsp3) is 0.0556. The van der Waals surface area contributed by atoms with E-state index in [0.29, 0.717) is 39.1 Å². The molecule has 0 saturated carbocycles. The Labute approximate surface area is 158 Å². The van der Waals surface area contributed by atoms with Gasteiger partial charge in [-0.25, -0.2) is 4.68 Å². The maximum atomic E-state index is 12.5. The lowest BCUT2D eigenvalue weighted by Crippen LogP contribution is -2.13. The van der Waals surface area contributed by atoms with Crippen molar-refractivity contribution in [2.24, 2.45) is 0 Å². The van der Waals surface area contributed by atoms with Crippen LogP contribution in [0.4, 0.5) is 5.69 Å². The van der Waals surface area contributed by atoms with Crippen molar-refractivity contribution in [3.63, 3.8) is 0 Å². The highest BCUT2D eigenvalue weighted by molar-refractivity contribution is 6.35. The van der Waals surface area contributed by atoms with Crippen LogP contribution in [0.1, 0.15) is 26.3 Å². The third-order valence-electron chi connectivity index (χ3n) is 4.05. The lowest BCUT2D eigenvalue weighted by atomic mass is 10.1. The van der Waals surface area contributed by atoms with Crippen LogP contribution < -0.4 is 10.6 Å². The fourth-order valence-electron chi connectivity index (χ4n) is 2.73. The van der Waals surface area contributed by atoms with Gasteiger partial charge in [0.2, 0.25) is 0 Å². The smallest absolute Gasteiger partial charge is 0.258 e. The van der Waals surface area contributed by atoms with E-state index in [9.17, 15) is 9.59 Å². The normalized spacial score (nSPS) is 12.6. The molecular formula is C18H12Cl2N4O2. The van der Waals surface area contributed by atoms with E-state index in [1.54, 1.807) is 36.5 Å². The second kappa shape index (κ2) is 6.48. The first-order valence-electron chi connectivity index (χ1n) is 7.74. The van der Waals surface area contributed by atoms with E-state index in [4.69, 9.17) is 23.2 Å². The summed E-state index contributed by atoms with van der Waals surface area (Å²) in [5.74, 6) is -0.471. The van der Waals surface area contributed by atoms with Crippen molar-refractivity contribution in [2.45, 2.75) is 6.54 Å². The third-order valence-corrected chi connectivity index (χ3v) is 4.59. The number of hydrogen-bond acceptors (Lipinski definition) is 3. The number of hydrogen-bond donors (Lipinski definition) is 2. The maximum absolute atomic E-state index is 12.5. The number of nitrogens with zero attached hydrogens (tertiary/aromatic N) is 2. The first-order valence-corrected chi connectivity index (χ1v) is 8.49. The fourth-order valence-corrected chi connectivity index (χ4v) is 3.23. The van der Waals surface area contributed by atoms with E-state index in [-0.39, 0.29) is 11.8 Å². The maximum Gasteiger partial charge on any atom is 0.258 e. The van der Waals surface area contributed by atoms with Crippen molar-refractivity contribution in [1.29, 1.82) is 0 Å². The van der Waals surface area contributed by atoms with Gasteiger partial charge >= 0.3 is 0 Å². The van der Waals surface area contributed by atoms with Gasteiger partial charge in [0.1, 0.15) is 0 Å². The van der Waals surface area contributed by atoms with Gasteiger partial charge in [0.25, 0.3) is 11.8 Å². The van der Waals surface area contributed by atoms with Crippen LogP contribution >= 0.6 is 23.2 Å². The molecule has 1 aliphatic rings. The molecule has 26 heavy (non-hydrogen) atoms. The lowest BCUT2D eigenvalue weighted by Gasteiger charge is -2.06. The summed E-state index contributed by atoms with van der Waals surface area (Å²) in [6.45, 7) is 0.511.